The van der Waals surface area contributed by atoms with Gasteiger partial charge in [0.25, 0.3) is 0 Å². The number of likely N-dealkylation sites (tertiary alicyclic amines) is 1. The Balaban J connectivity index is 1.18. The quantitative estimate of drug-likeness (QED) is 0.359. The van der Waals surface area contributed by atoms with Crippen LogP contribution >= 0.6 is 0 Å². The molecule has 41 heavy (non-hydrogen) atoms. The zero-order valence-corrected chi connectivity index (χ0v) is 22.5. The number of halogens is 3. The van der Waals surface area contributed by atoms with E-state index >= 15 is 0 Å². The largest absolute Gasteiger partial charge is 0.478 e. The normalized spacial score (nSPS) is 19.6. The van der Waals surface area contributed by atoms with Crippen molar-refractivity contribution in [2.45, 2.75) is 63.1 Å². The highest BCUT2D eigenvalue weighted by Crippen LogP contribution is 2.38. The summed E-state index contributed by atoms with van der Waals surface area (Å²) in [6, 6.07) is 8.47. The molecule has 8 nitrogen and oxygen atoms in total. The number of ether oxygens (including phenoxy) is 1. The van der Waals surface area contributed by atoms with Gasteiger partial charge in [-0.25, -0.2) is 22.8 Å². The highest BCUT2D eigenvalue weighted by atomic mass is 19.2. The van der Waals surface area contributed by atoms with Crippen molar-refractivity contribution < 1.29 is 32.6 Å². The Labute approximate surface area is 235 Å². The van der Waals surface area contributed by atoms with Crippen molar-refractivity contribution in [1.82, 2.24) is 14.7 Å². The fraction of sp³-hybridized carbons (Fsp3) is 0.433. The Morgan fingerprint density at radius 1 is 1.00 bits per heavy atom. The van der Waals surface area contributed by atoms with Crippen LogP contribution in [0.5, 0.6) is 0 Å². The van der Waals surface area contributed by atoms with E-state index < -0.39 is 35.1 Å². The lowest BCUT2D eigenvalue weighted by molar-refractivity contribution is -0.000952. The molecule has 1 aliphatic carbocycles. The molecule has 0 atom stereocenters. The van der Waals surface area contributed by atoms with E-state index in [-0.39, 0.29) is 17.2 Å². The van der Waals surface area contributed by atoms with Crippen LogP contribution in [0, 0.1) is 17.5 Å². The van der Waals surface area contributed by atoms with E-state index in [1.54, 1.807) is 12.1 Å². The molecule has 0 unspecified atom stereocenters. The molecule has 1 amide bonds. The molecule has 1 aromatic heterocycles. The van der Waals surface area contributed by atoms with E-state index in [1.807, 2.05) is 10.9 Å². The molecule has 1 spiro atoms. The first-order valence-corrected chi connectivity index (χ1v) is 14.0. The number of benzene rings is 2. The SMILES string of the molecule is O=C(O)c1ccc(N2CC3(CCN(Cc4cn(C5CCCCC5)nc4-c4ccc(F)c(F)c4F)CC3)OC2=O)cc1. The average molecular weight is 569 g/mol. The lowest BCUT2D eigenvalue weighted by Gasteiger charge is -2.37. The molecule has 6 rings (SSSR count). The zero-order valence-electron chi connectivity index (χ0n) is 22.5. The lowest BCUT2D eigenvalue weighted by Crippen LogP contribution is -2.46. The van der Waals surface area contributed by atoms with Crippen molar-refractivity contribution in [2.24, 2.45) is 0 Å². The third kappa shape index (κ3) is 5.30. The fourth-order valence-electron chi connectivity index (χ4n) is 6.24. The second kappa shape index (κ2) is 10.8. The molecule has 3 aromatic rings. The number of amides is 1. The van der Waals surface area contributed by atoms with Crippen molar-refractivity contribution in [1.29, 1.82) is 0 Å². The van der Waals surface area contributed by atoms with Crippen molar-refractivity contribution in [3.05, 3.63) is 71.2 Å². The third-order valence-corrected chi connectivity index (χ3v) is 8.60. The summed E-state index contributed by atoms with van der Waals surface area (Å²) in [5, 5.41) is 13.8. The second-order valence-electron chi connectivity index (χ2n) is 11.3. The number of carbonyl (C=O) groups excluding carboxylic acids is 1. The van der Waals surface area contributed by atoms with Crippen molar-refractivity contribution in [3.63, 3.8) is 0 Å². The highest BCUT2D eigenvalue weighted by molar-refractivity contribution is 5.92. The molecular formula is C30H31F3N4O4. The minimum atomic E-state index is -1.51. The summed E-state index contributed by atoms with van der Waals surface area (Å²) >= 11 is 0. The van der Waals surface area contributed by atoms with Gasteiger partial charge in [-0.15, -0.1) is 0 Å². The maximum Gasteiger partial charge on any atom is 0.415 e. The number of aromatic carboxylic acids is 1. The first kappa shape index (κ1) is 27.3. The fourth-order valence-corrected chi connectivity index (χ4v) is 6.24. The number of aromatic nitrogens is 2. The maximum absolute atomic E-state index is 14.9. The number of carboxylic acid groups (broad SMARTS) is 1. The van der Waals surface area contributed by atoms with E-state index in [4.69, 9.17) is 14.9 Å². The van der Waals surface area contributed by atoms with Crippen LogP contribution < -0.4 is 4.90 Å². The van der Waals surface area contributed by atoms with E-state index in [2.05, 4.69) is 4.90 Å². The standard InChI is InChI=1S/C30H31F3N4O4/c31-24-11-10-23(25(32)26(24)33)27-20(17-37(34-27)22-4-2-1-3-5-22)16-35-14-12-30(13-15-35)18-36(29(40)41-30)21-8-6-19(7-9-21)28(38)39/h6-11,17,22H,1-5,12-16,18H2,(H,38,39). The highest BCUT2D eigenvalue weighted by Gasteiger charge is 2.47. The van der Waals surface area contributed by atoms with Gasteiger partial charge in [-0.2, -0.15) is 5.10 Å². The predicted octanol–water partition coefficient (Wildman–Crippen LogP) is 6.16. The Hall–Kier alpha value is -3.86. The summed E-state index contributed by atoms with van der Waals surface area (Å²) < 4.78 is 50.5. The molecule has 1 saturated carbocycles. The van der Waals surface area contributed by atoms with Gasteiger partial charge in [0.05, 0.1) is 23.8 Å². The number of anilines is 1. The summed E-state index contributed by atoms with van der Waals surface area (Å²) in [5.41, 5.74) is 1.04. The minimum absolute atomic E-state index is 0.0591. The molecule has 3 fully saturated rings. The molecule has 2 saturated heterocycles. The van der Waals surface area contributed by atoms with Crippen molar-refractivity contribution in [2.75, 3.05) is 24.5 Å². The number of hydrogen-bond donors (Lipinski definition) is 1. The maximum atomic E-state index is 14.9. The van der Waals surface area contributed by atoms with Crippen LogP contribution in [-0.4, -0.2) is 57.1 Å². The Kier molecular flexibility index (Phi) is 7.23. The molecular weight excluding hydrogens is 537 g/mol. The third-order valence-electron chi connectivity index (χ3n) is 8.60. The molecule has 0 radical (unpaired) electrons. The molecule has 3 heterocycles. The van der Waals surface area contributed by atoms with Gasteiger partial charge in [0.1, 0.15) is 5.60 Å². The van der Waals surface area contributed by atoms with E-state index in [1.165, 1.54) is 29.5 Å². The van der Waals surface area contributed by atoms with Crippen molar-refractivity contribution in [3.8, 4) is 11.3 Å². The van der Waals surface area contributed by atoms with Gasteiger partial charge in [0, 0.05) is 55.5 Å². The molecule has 2 aromatic carbocycles. The van der Waals surface area contributed by atoms with Crippen LogP contribution in [0.2, 0.25) is 0 Å². The number of rotatable bonds is 6. The lowest BCUT2D eigenvalue weighted by atomic mass is 9.91. The first-order valence-electron chi connectivity index (χ1n) is 14.0. The van der Waals surface area contributed by atoms with Crippen LogP contribution in [0.4, 0.5) is 23.7 Å². The van der Waals surface area contributed by atoms with Gasteiger partial charge >= 0.3 is 12.1 Å². The van der Waals surface area contributed by atoms with Crippen LogP contribution in [0.3, 0.4) is 0 Å². The molecule has 11 heteroatoms. The number of carbonyl (C=O) groups is 2. The number of hydrogen-bond acceptors (Lipinski definition) is 5. The van der Waals surface area contributed by atoms with Gasteiger partial charge in [-0.05, 0) is 49.2 Å². The number of nitrogens with zero attached hydrogens (tertiary/aromatic N) is 4. The van der Waals surface area contributed by atoms with Crippen LogP contribution in [-0.2, 0) is 11.3 Å². The first-order chi connectivity index (χ1) is 19.7. The average Bonchev–Trinajstić information content (AvgIpc) is 3.54. The number of piperidine rings is 1. The molecule has 3 aliphatic rings. The molecule has 0 bridgehead atoms. The Morgan fingerprint density at radius 2 is 1.71 bits per heavy atom. The number of carboxylic acids is 1. The van der Waals surface area contributed by atoms with E-state index in [9.17, 15) is 22.8 Å². The summed E-state index contributed by atoms with van der Waals surface area (Å²) in [5.74, 6) is -5.03. The Bertz CT molecular complexity index is 1460. The smallest absolute Gasteiger partial charge is 0.415 e. The second-order valence-corrected chi connectivity index (χ2v) is 11.3. The van der Waals surface area contributed by atoms with E-state index in [0.717, 1.165) is 37.3 Å². The van der Waals surface area contributed by atoms with Crippen LogP contribution in [0.25, 0.3) is 11.3 Å². The van der Waals surface area contributed by atoms with Gasteiger partial charge in [0.15, 0.2) is 17.5 Å². The summed E-state index contributed by atoms with van der Waals surface area (Å²) in [6.07, 6.45) is 7.87. The summed E-state index contributed by atoms with van der Waals surface area (Å²) in [6.45, 7) is 2.00. The van der Waals surface area contributed by atoms with Crippen LogP contribution in [0.15, 0.2) is 42.6 Å². The van der Waals surface area contributed by atoms with E-state index in [0.29, 0.717) is 50.4 Å². The molecule has 2 aliphatic heterocycles. The van der Waals surface area contributed by atoms with Gasteiger partial charge in [-0.1, -0.05) is 19.3 Å². The summed E-state index contributed by atoms with van der Waals surface area (Å²) in [7, 11) is 0. The zero-order chi connectivity index (χ0) is 28.7. The topological polar surface area (TPSA) is 87.9 Å². The van der Waals surface area contributed by atoms with Gasteiger partial charge in [0.2, 0.25) is 0 Å². The molecule has 216 valence electrons. The summed E-state index contributed by atoms with van der Waals surface area (Å²) in [4.78, 5) is 27.6. The minimum Gasteiger partial charge on any atom is -0.478 e. The predicted molar refractivity (Wildman–Crippen MR) is 144 cm³/mol. The van der Waals surface area contributed by atoms with Crippen molar-refractivity contribution >= 4 is 17.7 Å². The van der Waals surface area contributed by atoms with Crippen LogP contribution in [0.1, 0.15) is 66.9 Å². The Morgan fingerprint density at radius 3 is 2.39 bits per heavy atom. The van der Waals surface area contributed by atoms with Gasteiger partial charge < -0.3 is 9.84 Å². The molecule has 1 N–H and O–H groups in total. The monoisotopic (exact) mass is 568 g/mol. The van der Waals surface area contributed by atoms with Gasteiger partial charge in [-0.3, -0.25) is 14.5 Å².